The Morgan fingerprint density at radius 3 is 2.57 bits per heavy atom. The van der Waals surface area contributed by atoms with Gasteiger partial charge in [0.1, 0.15) is 0 Å². The van der Waals surface area contributed by atoms with Crippen LogP contribution in [0.25, 0.3) is 0 Å². The number of terminal acetylenes is 1. The summed E-state index contributed by atoms with van der Waals surface area (Å²) in [6, 6.07) is 6.75. The minimum Gasteiger partial charge on any atom is -0.381 e. The zero-order chi connectivity index (χ0) is 15.3. The molecule has 0 aromatic heterocycles. The molecule has 0 unspecified atom stereocenters. The third-order valence-electron chi connectivity index (χ3n) is 3.37. The average Bonchev–Trinajstić information content (AvgIpc) is 2.42. The second-order valence-corrected chi connectivity index (χ2v) is 6.05. The Morgan fingerprint density at radius 2 is 1.95 bits per heavy atom. The number of anilines is 1. The van der Waals surface area contributed by atoms with Crippen molar-refractivity contribution in [2.45, 2.75) is 29.3 Å². The highest BCUT2D eigenvalue weighted by atomic mass is 32.2. The molecule has 0 radical (unpaired) electrons. The number of halogens is 3. The summed E-state index contributed by atoms with van der Waals surface area (Å²) in [4.78, 5) is 2.39. The number of likely N-dealkylation sites (tertiary alicyclic amines) is 1. The zero-order valence-corrected chi connectivity index (χ0v) is 12.3. The van der Waals surface area contributed by atoms with Gasteiger partial charge in [-0.05, 0) is 36.7 Å². The molecule has 21 heavy (non-hydrogen) atoms. The first-order valence-corrected chi connectivity index (χ1v) is 7.57. The fraction of sp³-hybridized carbons (Fsp3) is 0.467. The molecule has 0 aliphatic carbocycles. The van der Waals surface area contributed by atoms with E-state index in [2.05, 4.69) is 16.1 Å². The Labute approximate surface area is 127 Å². The van der Waals surface area contributed by atoms with Gasteiger partial charge in [-0.3, -0.25) is 4.90 Å². The van der Waals surface area contributed by atoms with Crippen LogP contribution in [0.15, 0.2) is 29.2 Å². The van der Waals surface area contributed by atoms with Crippen LogP contribution in [0.1, 0.15) is 12.8 Å². The lowest BCUT2D eigenvalue weighted by molar-refractivity contribution is -0.0327. The fourth-order valence-corrected chi connectivity index (χ4v) is 3.02. The molecule has 0 bridgehead atoms. The Bertz CT molecular complexity index is 502. The Hall–Kier alpha value is -1.32. The molecular formula is C15H17F3N2S. The number of hydrogen-bond donors (Lipinski definition) is 1. The molecule has 0 atom stereocenters. The number of nitrogens with zero attached hydrogens (tertiary/aromatic N) is 1. The quantitative estimate of drug-likeness (QED) is 0.672. The van der Waals surface area contributed by atoms with Crippen molar-refractivity contribution < 1.29 is 13.2 Å². The van der Waals surface area contributed by atoms with Crippen molar-refractivity contribution in [3.8, 4) is 12.3 Å². The van der Waals surface area contributed by atoms with Gasteiger partial charge in [0.15, 0.2) is 0 Å². The summed E-state index contributed by atoms with van der Waals surface area (Å²) in [7, 11) is 0. The van der Waals surface area contributed by atoms with Gasteiger partial charge in [-0.2, -0.15) is 13.2 Å². The van der Waals surface area contributed by atoms with E-state index in [9.17, 15) is 13.2 Å². The topological polar surface area (TPSA) is 15.3 Å². The van der Waals surface area contributed by atoms with E-state index < -0.39 is 5.51 Å². The minimum atomic E-state index is -4.27. The molecule has 1 saturated heterocycles. The largest absolute Gasteiger partial charge is 0.446 e. The summed E-state index contributed by atoms with van der Waals surface area (Å²) < 4.78 is 37.6. The monoisotopic (exact) mass is 314 g/mol. The van der Waals surface area contributed by atoms with Crippen molar-refractivity contribution in [2.75, 3.05) is 25.0 Å². The van der Waals surface area contributed by atoms with Crippen molar-refractivity contribution in [3.63, 3.8) is 0 Å². The molecule has 0 spiro atoms. The number of alkyl halides is 3. The van der Waals surface area contributed by atoms with E-state index in [1.54, 1.807) is 18.2 Å². The SMILES string of the molecule is C#CCN1CCC(Nc2ccccc2SC(F)(F)F)CC1. The summed E-state index contributed by atoms with van der Waals surface area (Å²) in [6.07, 6.45) is 7.04. The molecule has 2 rings (SSSR count). The summed E-state index contributed by atoms with van der Waals surface area (Å²) in [6.45, 7) is 2.38. The van der Waals surface area contributed by atoms with Crippen molar-refractivity contribution in [2.24, 2.45) is 0 Å². The normalized spacial score (nSPS) is 17.4. The van der Waals surface area contributed by atoms with Crippen LogP contribution >= 0.6 is 11.8 Å². The summed E-state index contributed by atoms with van der Waals surface area (Å²) in [5.74, 6) is 2.61. The van der Waals surface area contributed by atoms with Crippen molar-refractivity contribution in [1.82, 2.24) is 4.90 Å². The van der Waals surface area contributed by atoms with Crippen molar-refractivity contribution >= 4 is 17.4 Å². The highest BCUT2D eigenvalue weighted by Gasteiger charge is 2.30. The van der Waals surface area contributed by atoms with Crippen LogP contribution in [0.5, 0.6) is 0 Å². The first-order chi connectivity index (χ1) is 9.98. The number of para-hydroxylation sites is 1. The molecular weight excluding hydrogens is 297 g/mol. The predicted molar refractivity (Wildman–Crippen MR) is 80.3 cm³/mol. The number of nitrogens with one attached hydrogen (secondary N) is 1. The maximum atomic E-state index is 12.5. The van der Waals surface area contributed by atoms with E-state index in [-0.39, 0.29) is 22.7 Å². The summed E-state index contributed by atoms with van der Waals surface area (Å²) in [5, 5.41) is 3.24. The van der Waals surface area contributed by atoms with Gasteiger partial charge in [0.25, 0.3) is 0 Å². The molecule has 1 aromatic carbocycles. The highest BCUT2D eigenvalue weighted by molar-refractivity contribution is 8.00. The van der Waals surface area contributed by atoms with E-state index in [1.807, 2.05) is 0 Å². The van der Waals surface area contributed by atoms with Gasteiger partial charge in [0.2, 0.25) is 0 Å². The Kier molecular flexibility index (Phi) is 5.43. The first kappa shape index (κ1) is 16.1. The van der Waals surface area contributed by atoms with E-state index in [4.69, 9.17) is 6.42 Å². The van der Waals surface area contributed by atoms with Gasteiger partial charge < -0.3 is 5.32 Å². The van der Waals surface area contributed by atoms with Gasteiger partial charge in [-0.1, -0.05) is 18.1 Å². The van der Waals surface area contributed by atoms with Crippen LogP contribution in [-0.2, 0) is 0 Å². The van der Waals surface area contributed by atoms with Crippen LogP contribution in [-0.4, -0.2) is 36.1 Å². The van der Waals surface area contributed by atoms with Crippen LogP contribution in [0.4, 0.5) is 18.9 Å². The van der Waals surface area contributed by atoms with Gasteiger partial charge in [0.05, 0.1) is 6.54 Å². The molecule has 1 N–H and O–H groups in total. The van der Waals surface area contributed by atoms with Crippen LogP contribution < -0.4 is 5.32 Å². The lowest BCUT2D eigenvalue weighted by Gasteiger charge is -2.32. The van der Waals surface area contributed by atoms with Gasteiger partial charge in [-0.25, -0.2) is 0 Å². The molecule has 1 aromatic rings. The standard InChI is InChI=1S/C15H17F3N2S/c1-2-9-20-10-7-12(8-11-20)19-13-5-3-4-6-14(13)21-15(16,17)18/h1,3-6,12,19H,7-11H2. The molecule has 114 valence electrons. The maximum absolute atomic E-state index is 12.5. The number of rotatable bonds is 4. The molecule has 6 heteroatoms. The number of thioether (sulfide) groups is 1. The fourth-order valence-electron chi connectivity index (χ4n) is 2.38. The van der Waals surface area contributed by atoms with Gasteiger partial charge >= 0.3 is 5.51 Å². The van der Waals surface area contributed by atoms with Crippen LogP contribution in [0.2, 0.25) is 0 Å². The third-order valence-corrected chi connectivity index (χ3v) is 4.18. The minimum absolute atomic E-state index is 0.0748. The predicted octanol–water partition coefficient (Wildman–Crippen LogP) is 3.81. The summed E-state index contributed by atoms with van der Waals surface area (Å²) >= 11 is -0.0748. The molecule has 1 fully saturated rings. The maximum Gasteiger partial charge on any atom is 0.446 e. The molecule has 1 heterocycles. The zero-order valence-electron chi connectivity index (χ0n) is 11.5. The molecule has 1 aliphatic heterocycles. The number of benzene rings is 1. The summed E-state index contributed by atoms with van der Waals surface area (Å²) in [5.41, 5.74) is -3.72. The average molecular weight is 314 g/mol. The number of piperidine rings is 1. The third kappa shape index (κ3) is 5.18. The van der Waals surface area contributed by atoms with Gasteiger partial charge in [-0.15, -0.1) is 6.42 Å². The second kappa shape index (κ2) is 7.10. The van der Waals surface area contributed by atoms with Crippen LogP contribution in [0.3, 0.4) is 0 Å². The highest BCUT2D eigenvalue weighted by Crippen LogP contribution is 2.40. The molecule has 2 nitrogen and oxygen atoms in total. The second-order valence-electron chi connectivity index (χ2n) is 4.94. The molecule has 0 saturated carbocycles. The van der Waals surface area contributed by atoms with E-state index in [0.29, 0.717) is 12.2 Å². The lowest BCUT2D eigenvalue weighted by atomic mass is 10.0. The lowest BCUT2D eigenvalue weighted by Crippen LogP contribution is -2.39. The van der Waals surface area contributed by atoms with Gasteiger partial charge in [0, 0.05) is 29.7 Å². The smallest absolute Gasteiger partial charge is 0.381 e. The van der Waals surface area contributed by atoms with E-state index in [0.717, 1.165) is 25.9 Å². The Morgan fingerprint density at radius 1 is 1.29 bits per heavy atom. The molecule has 0 amide bonds. The number of hydrogen-bond acceptors (Lipinski definition) is 3. The van der Waals surface area contributed by atoms with Crippen molar-refractivity contribution in [3.05, 3.63) is 24.3 Å². The van der Waals surface area contributed by atoms with Crippen molar-refractivity contribution in [1.29, 1.82) is 0 Å². The Balaban J connectivity index is 1.96. The van der Waals surface area contributed by atoms with E-state index in [1.165, 1.54) is 6.07 Å². The first-order valence-electron chi connectivity index (χ1n) is 6.75. The van der Waals surface area contributed by atoms with Crippen LogP contribution in [0, 0.1) is 12.3 Å². The van der Waals surface area contributed by atoms with E-state index >= 15 is 0 Å². The molecule has 1 aliphatic rings.